The van der Waals surface area contributed by atoms with E-state index < -0.39 is 0 Å². The molecule has 0 spiro atoms. The minimum atomic E-state index is 0.298. The summed E-state index contributed by atoms with van der Waals surface area (Å²) in [5.74, 6) is 0. The van der Waals surface area contributed by atoms with Crippen molar-refractivity contribution in [3.8, 4) is 0 Å². The van der Waals surface area contributed by atoms with Gasteiger partial charge in [-0.15, -0.1) is 0 Å². The van der Waals surface area contributed by atoms with Crippen molar-refractivity contribution in [1.82, 2.24) is 4.90 Å². The van der Waals surface area contributed by atoms with Gasteiger partial charge in [0.05, 0.1) is 0 Å². The molecule has 0 radical (unpaired) electrons. The Bertz CT molecular complexity index is 327. The van der Waals surface area contributed by atoms with Gasteiger partial charge in [0.15, 0.2) is 0 Å². The van der Waals surface area contributed by atoms with Crippen LogP contribution < -0.4 is 0 Å². The molecule has 2 rings (SSSR count). The summed E-state index contributed by atoms with van der Waals surface area (Å²) in [4.78, 5) is 2.73. The third kappa shape index (κ3) is 2.40. The number of rotatable bonds is 5. The molecule has 1 aromatic rings. The lowest BCUT2D eigenvalue weighted by Crippen LogP contribution is -2.44. The van der Waals surface area contributed by atoms with Crippen LogP contribution in [-0.2, 0) is 5.54 Å². The summed E-state index contributed by atoms with van der Waals surface area (Å²) < 4.78 is 0. The lowest BCUT2D eigenvalue weighted by Gasteiger charge is -2.42. The lowest BCUT2D eigenvalue weighted by molar-refractivity contribution is 0.0977. The van der Waals surface area contributed by atoms with Crippen LogP contribution in [0.25, 0.3) is 0 Å². The average Bonchev–Trinajstić information content (AvgIpc) is 2.91. The molecule has 1 heterocycles. The first-order valence-corrected chi connectivity index (χ1v) is 7.14. The van der Waals surface area contributed by atoms with Crippen molar-refractivity contribution in [3.63, 3.8) is 0 Å². The van der Waals surface area contributed by atoms with Crippen LogP contribution in [0.3, 0.4) is 0 Å². The molecule has 0 saturated carbocycles. The Balaban J connectivity index is 2.34. The van der Waals surface area contributed by atoms with Crippen molar-refractivity contribution in [3.05, 3.63) is 35.9 Å². The van der Waals surface area contributed by atoms with E-state index in [1.807, 2.05) is 0 Å². The summed E-state index contributed by atoms with van der Waals surface area (Å²) in [6.07, 6.45) is 6.52. The van der Waals surface area contributed by atoms with Crippen LogP contribution in [0, 0.1) is 0 Å². The summed E-state index contributed by atoms with van der Waals surface area (Å²) in [5, 5.41) is 0. The molecule has 94 valence electrons. The van der Waals surface area contributed by atoms with E-state index in [2.05, 4.69) is 49.1 Å². The number of hydrogen-bond acceptors (Lipinski definition) is 1. The first-order valence-electron chi connectivity index (χ1n) is 7.14. The van der Waals surface area contributed by atoms with E-state index >= 15 is 0 Å². The van der Waals surface area contributed by atoms with Crippen LogP contribution >= 0.6 is 0 Å². The molecular formula is C16H25N. The Morgan fingerprint density at radius 1 is 1.06 bits per heavy atom. The van der Waals surface area contributed by atoms with Crippen molar-refractivity contribution >= 4 is 0 Å². The van der Waals surface area contributed by atoms with Crippen LogP contribution in [0.2, 0.25) is 0 Å². The molecule has 1 nitrogen and oxygen atoms in total. The third-order valence-electron chi connectivity index (χ3n) is 4.27. The summed E-state index contributed by atoms with van der Waals surface area (Å²) >= 11 is 0. The molecule has 1 saturated heterocycles. The van der Waals surface area contributed by atoms with Gasteiger partial charge in [0.1, 0.15) is 0 Å². The van der Waals surface area contributed by atoms with Gasteiger partial charge in [-0.2, -0.15) is 0 Å². The predicted octanol–water partition coefficient (Wildman–Crippen LogP) is 4.19. The van der Waals surface area contributed by atoms with Crippen LogP contribution in [0.15, 0.2) is 30.3 Å². The zero-order valence-electron chi connectivity index (χ0n) is 11.3. The van der Waals surface area contributed by atoms with Gasteiger partial charge in [-0.1, -0.05) is 50.6 Å². The molecule has 0 aliphatic carbocycles. The molecule has 0 N–H and O–H groups in total. The molecule has 1 aromatic carbocycles. The van der Waals surface area contributed by atoms with Gasteiger partial charge in [-0.25, -0.2) is 0 Å². The molecule has 0 amide bonds. The lowest BCUT2D eigenvalue weighted by atomic mass is 9.81. The summed E-state index contributed by atoms with van der Waals surface area (Å²) in [6.45, 7) is 7.22. The van der Waals surface area contributed by atoms with E-state index in [-0.39, 0.29) is 0 Å². The number of benzene rings is 1. The highest BCUT2D eigenvalue weighted by molar-refractivity contribution is 5.25. The van der Waals surface area contributed by atoms with Gasteiger partial charge >= 0.3 is 0 Å². The Kier molecular flexibility index (Phi) is 4.22. The van der Waals surface area contributed by atoms with E-state index in [0.29, 0.717) is 5.54 Å². The van der Waals surface area contributed by atoms with Gasteiger partial charge in [0.25, 0.3) is 0 Å². The average molecular weight is 231 g/mol. The fraction of sp³-hybridized carbons (Fsp3) is 0.625. The standard InChI is InChI=1S/C16H25N/c1-3-12-16(4-2,17-13-8-9-14-17)15-10-6-5-7-11-15/h5-7,10-11H,3-4,8-9,12-14H2,1-2H3. The van der Waals surface area contributed by atoms with Crippen LogP contribution in [0.5, 0.6) is 0 Å². The highest BCUT2D eigenvalue weighted by Gasteiger charge is 2.36. The largest absolute Gasteiger partial charge is 0.294 e. The summed E-state index contributed by atoms with van der Waals surface area (Å²) in [7, 11) is 0. The SMILES string of the molecule is CCCC(CC)(c1ccccc1)N1CCCC1. The maximum Gasteiger partial charge on any atom is 0.0457 e. The van der Waals surface area contributed by atoms with Crippen molar-refractivity contribution in [2.45, 2.75) is 51.5 Å². The Morgan fingerprint density at radius 3 is 2.24 bits per heavy atom. The second-order valence-electron chi connectivity index (χ2n) is 5.20. The maximum atomic E-state index is 2.73. The molecule has 1 fully saturated rings. The van der Waals surface area contributed by atoms with E-state index in [1.165, 1.54) is 50.8 Å². The van der Waals surface area contributed by atoms with E-state index in [0.717, 1.165) is 0 Å². The highest BCUT2D eigenvalue weighted by atomic mass is 15.2. The molecule has 0 aromatic heterocycles. The first kappa shape index (κ1) is 12.6. The van der Waals surface area contributed by atoms with E-state index in [4.69, 9.17) is 0 Å². The smallest absolute Gasteiger partial charge is 0.0457 e. The molecule has 1 unspecified atom stereocenters. The van der Waals surface area contributed by atoms with Crippen LogP contribution in [0.4, 0.5) is 0 Å². The number of hydrogen-bond donors (Lipinski definition) is 0. The van der Waals surface area contributed by atoms with Crippen molar-refractivity contribution in [2.75, 3.05) is 13.1 Å². The van der Waals surface area contributed by atoms with Gasteiger partial charge in [0, 0.05) is 5.54 Å². The zero-order chi connectivity index (χ0) is 12.1. The maximum absolute atomic E-state index is 2.73. The molecule has 0 bridgehead atoms. The molecule has 1 aliphatic rings. The molecule has 1 heteroatoms. The molecule has 17 heavy (non-hydrogen) atoms. The minimum absolute atomic E-state index is 0.298. The second-order valence-corrected chi connectivity index (χ2v) is 5.20. The second kappa shape index (κ2) is 5.68. The van der Waals surface area contributed by atoms with Crippen molar-refractivity contribution in [2.24, 2.45) is 0 Å². The fourth-order valence-corrected chi connectivity index (χ4v) is 3.40. The Labute approximate surface area is 106 Å². The third-order valence-corrected chi connectivity index (χ3v) is 4.27. The van der Waals surface area contributed by atoms with Gasteiger partial charge in [-0.05, 0) is 44.3 Å². The van der Waals surface area contributed by atoms with Crippen molar-refractivity contribution in [1.29, 1.82) is 0 Å². The van der Waals surface area contributed by atoms with Crippen LogP contribution in [-0.4, -0.2) is 18.0 Å². The van der Waals surface area contributed by atoms with Gasteiger partial charge in [-0.3, -0.25) is 4.90 Å². The monoisotopic (exact) mass is 231 g/mol. The fourth-order valence-electron chi connectivity index (χ4n) is 3.40. The topological polar surface area (TPSA) is 3.24 Å². The highest BCUT2D eigenvalue weighted by Crippen LogP contribution is 2.38. The Morgan fingerprint density at radius 2 is 1.71 bits per heavy atom. The molecule has 1 atom stereocenters. The summed E-state index contributed by atoms with van der Waals surface area (Å²) in [6, 6.07) is 11.1. The molecular weight excluding hydrogens is 206 g/mol. The Hall–Kier alpha value is -0.820. The normalized spacial score (nSPS) is 20.4. The summed E-state index contributed by atoms with van der Waals surface area (Å²) in [5.41, 5.74) is 1.82. The van der Waals surface area contributed by atoms with E-state index in [9.17, 15) is 0 Å². The van der Waals surface area contributed by atoms with Gasteiger partial charge in [0.2, 0.25) is 0 Å². The van der Waals surface area contributed by atoms with Gasteiger partial charge < -0.3 is 0 Å². The van der Waals surface area contributed by atoms with Crippen LogP contribution in [0.1, 0.15) is 51.5 Å². The van der Waals surface area contributed by atoms with Crippen molar-refractivity contribution < 1.29 is 0 Å². The number of nitrogens with zero attached hydrogens (tertiary/aromatic N) is 1. The van der Waals surface area contributed by atoms with E-state index in [1.54, 1.807) is 0 Å². The first-order chi connectivity index (χ1) is 8.33. The number of likely N-dealkylation sites (tertiary alicyclic amines) is 1. The quantitative estimate of drug-likeness (QED) is 0.734. The zero-order valence-corrected chi connectivity index (χ0v) is 11.3. The predicted molar refractivity (Wildman–Crippen MR) is 74.1 cm³/mol. The minimum Gasteiger partial charge on any atom is -0.294 e. The molecule has 1 aliphatic heterocycles.